The fourth-order valence-electron chi connectivity index (χ4n) is 3.10. The highest BCUT2D eigenvalue weighted by molar-refractivity contribution is 5.38. The van der Waals surface area contributed by atoms with Gasteiger partial charge in [0.05, 0.1) is 6.61 Å². The summed E-state index contributed by atoms with van der Waals surface area (Å²) in [4.78, 5) is 0. The normalized spacial score (nSPS) is 19.0. The highest BCUT2D eigenvalue weighted by Crippen LogP contribution is 2.38. The molecule has 20 heavy (non-hydrogen) atoms. The average molecular weight is 267 g/mol. The number of hydrogen-bond acceptors (Lipinski definition) is 2. The summed E-state index contributed by atoms with van der Waals surface area (Å²) >= 11 is 0. The van der Waals surface area contributed by atoms with Crippen molar-refractivity contribution in [2.24, 2.45) is 5.73 Å². The molecule has 0 aliphatic carbocycles. The fraction of sp³-hybridized carbons (Fsp3) is 0.333. The molecule has 0 spiro atoms. The van der Waals surface area contributed by atoms with E-state index in [0.29, 0.717) is 5.92 Å². The zero-order chi connectivity index (χ0) is 13.9. The molecular weight excluding hydrogens is 246 g/mol. The van der Waals surface area contributed by atoms with E-state index in [4.69, 9.17) is 10.5 Å². The molecule has 2 atom stereocenters. The summed E-state index contributed by atoms with van der Waals surface area (Å²) in [7, 11) is 0. The number of hydrogen-bond donors (Lipinski definition) is 1. The molecule has 2 nitrogen and oxygen atoms in total. The van der Waals surface area contributed by atoms with E-state index in [1.807, 2.05) is 6.07 Å². The molecule has 0 fully saturated rings. The van der Waals surface area contributed by atoms with Gasteiger partial charge in [0.25, 0.3) is 0 Å². The maximum absolute atomic E-state index is 6.44. The summed E-state index contributed by atoms with van der Waals surface area (Å²) in [6.07, 6.45) is 2.03. The Kier molecular flexibility index (Phi) is 3.75. The van der Waals surface area contributed by atoms with Crippen LogP contribution in [0.1, 0.15) is 41.5 Å². The lowest BCUT2D eigenvalue weighted by Crippen LogP contribution is -2.20. The Morgan fingerprint density at radius 1 is 1.15 bits per heavy atom. The van der Waals surface area contributed by atoms with Crippen LogP contribution in [0, 0.1) is 6.92 Å². The van der Waals surface area contributed by atoms with Crippen molar-refractivity contribution in [1.82, 2.24) is 0 Å². The van der Waals surface area contributed by atoms with Gasteiger partial charge >= 0.3 is 0 Å². The van der Waals surface area contributed by atoms with E-state index in [1.54, 1.807) is 0 Å². The second kappa shape index (κ2) is 5.68. The molecule has 2 unspecified atom stereocenters. The predicted octanol–water partition coefficient (Wildman–Crippen LogP) is 3.95. The number of nitrogens with two attached hydrogens (primary N) is 1. The summed E-state index contributed by atoms with van der Waals surface area (Å²) < 4.78 is 5.72. The van der Waals surface area contributed by atoms with E-state index in [9.17, 15) is 0 Å². The van der Waals surface area contributed by atoms with E-state index >= 15 is 0 Å². The minimum Gasteiger partial charge on any atom is -0.493 e. The largest absolute Gasteiger partial charge is 0.493 e. The molecule has 1 aliphatic rings. The van der Waals surface area contributed by atoms with Gasteiger partial charge in [-0.05, 0) is 48.4 Å². The Morgan fingerprint density at radius 3 is 2.75 bits per heavy atom. The van der Waals surface area contributed by atoms with Gasteiger partial charge < -0.3 is 10.5 Å². The van der Waals surface area contributed by atoms with Crippen LogP contribution in [0.5, 0.6) is 5.75 Å². The smallest absolute Gasteiger partial charge is 0.122 e. The molecule has 2 aromatic carbocycles. The van der Waals surface area contributed by atoms with Crippen molar-refractivity contribution >= 4 is 0 Å². The van der Waals surface area contributed by atoms with E-state index in [-0.39, 0.29) is 6.04 Å². The van der Waals surface area contributed by atoms with Crippen molar-refractivity contribution in [2.75, 3.05) is 6.61 Å². The summed E-state index contributed by atoms with van der Waals surface area (Å²) in [5, 5.41) is 0. The third-order valence-electron chi connectivity index (χ3n) is 4.21. The van der Waals surface area contributed by atoms with Crippen LogP contribution in [0.4, 0.5) is 0 Å². The first-order valence-corrected chi connectivity index (χ1v) is 7.28. The molecule has 3 rings (SSSR count). The van der Waals surface area contributed by atoms with Crippen LogP contribution in [0.15, 0.2) is 48.5 Å². The summed E-state index contributed by atoms with van der Waals surface area (Å²) in [5.74, 6) is 1.52. The van der Waals surface area contributed by atoms with Crippen molar-refractivity contribution in [3.63, 3.8) is 0 Å². The van der Waals surface area contributed by atoms with Crippen LogP contribution >= 0.6 is 0 Å². The van der Waals surface area contributed by atoms with Gasteiger partial charge in [0.1, 0.15) is 5.75 Å². The number of ether oxygens (including phenoxy) is 1. The monoisotopic (exact) mass is 267 g/mol. The summed E-state index contributed by atoms with van der Waals surface area (Å²) in [6, 6.07) is 16.8. The fourth-order valence-corrected chi connectivity index (χ4v) is 3.10. The van der Waals surface area contributed by atoms with E-state index < -0.39 is 0 Å². The van der Waals surface area contributed by atoms with Crippen LogP contribution in [0.3, 0.4) is 0 Å². The Labute approximate surface area is 120 Å². The second-order valence-electron chi connectivity index (χ2n) is 5.57. The van der Waals surface area contributed by atoms with Crippen molar-refractivity contribution in [3.05, 3.63) is 65.2 Å². The molecule has 0 amide bonds. The molecule has 2 heteroatoms. The topological polar surface area (TPSA) is 35.2 Å². The number of fused-ring (bicyclic) bond motifs is 1. The van der Waals surface area contributed by atoms with Crippen molar-refractivity contribution < 1.29 is 4.74 Å². The van der Waals surface area contributed by atoms with Gasteiger partial charge in [-0.2, -0.15) is 0 Å². The molecule has 2 aromatic rings. The lowest BCUT2D eigenvalue weighted by Gasteiger charge is -2.28. The lowest BCUT2D eigenvalue weighted by molar-refractivity contribution is 0.259. The Hall–Kier alpha value is -1.80. The van der Waals surface area contributed by atoms with E-state index in [2.05, 4.69) is 49.4 Å². The van der Waals surface area contributed by atoms with Gasteiger partial charge in [0.15, 0.2) is 0 Å². The van der Waals surface area contributed by atoms with Gasteiger partial charge in [-0.25, -0.2) is 0 Å². The predicted molar refractivity (Wildman–Crippen MR) is 82.0 cm³/mol. The van der Waals surface area contributed by atoms with E-state index in [1.165, 1.54) is 16.7 Å². The first-order chi connectivity index (χ1) is 9.75. The minimum absolute atomic E-state index is 0.0901. The van der Waals surface area contributed by atoms with Crippen LogP contribution in [0.2, 0.25) is 0 Å². The van der Waals surface area contributed by atoms with Crippen LogP contribution < -0.4 is 10.5 Å². The standard InChI is InChI=1S/C18H21NO/c1-13-6-2-3-7-15(13)17(19)12-14-10-11-20-18-9-5-4-8-16(14)18/h2-9,14,17H,10-12,19H2,1H3. The molecule has 0 aromatic heterocycles. The second-order valence-corrected chi connectivity index (χ2v) is 5.57. The third-order valence-corrected chi connectivity index (χ3v) is 4.21. The van der Waals surface area contributed by atoms with Gasteiger partial charge in [0, 0.05) is 6.04 Å². The molecule has 0 bridgehead atoms. The van der Waals surface area contributed by atoms with Crippen LogP contribution in [-0.4, -0.2) is 6.61 Å². The molecular formula is C18H21NO. The Bertz CT molecular complexity index is 593. The van der Waals surface area contributed by atoms with Gasteiger partial charge in [0.2, 0.25) is 0 Å². The maximum Gasteiger partial charge on any atom is 0.122 e. The molecule has 2 N–H and O–H groups in total. The third kappa shape index (κ3) is 2.56. The lowest BCUT2D eigenvalue weighted by atomic mass is 9.85. The number of para-hydroxylation sites is 1. The molecule has 1 heterocycles. The first kappa shape index (κ1) is 13.2. The summed E-state index contributed by atoms with van der Waals surface area (Å²) in [5.41, 5.74) is 10.3. The number of benzene rings is 2. The van der Waals surface area contributed by atoms with Crippen molar-refractivity contribution in [1.29, 1.82) is 0 Å². The van der Waals surface area contributed by atoms with Crippen LogP contribution in [-0.2, 0) is 0 Å². The molecule has 1 aliphatic heterocycles. The van der Waals surface area contributed by atoms with Gasteiger partial charge in [-0.1, -0.05) is 42.5 Å². The van der Waals surface area contributed by atoms with Gasteiger partial charge in [-0.15, -0.1) is 0 Å². The zero-order valence-electron chi connectivity index (χ0n) is 11.9. The maximum atomic E-state index is 6.44. The minimum atomic E-state index is 0.0901. The quantitative estimate of drug-likeness (QED) is 0.913. The molecule has 0 saturated carbocycles. The Morgan fingerprint density at radius 2 is 1.90 bits per heavy atom. The molecule has 0 radical (unpaired) electrons. The Balaban J connectivity index is 1.81. The number of rotatable bonds is 3. The van der Waals surface area contributed by atoms with E-state index in [0.717, 1.165) is 25.2 Å². The SMILES string of the molecule is Cc1ccccc1C(N)CC1CCOc2ccccc21. The zero-order valence-corrected chi connectivity index (χ0v) is 11.9. The van der Waals surface area contributed by atoms with Crippen molar-refractivity contribution in [2.45, 2.75) is 31.7 Å². The van der Waals surface area contributed by atoms with Gasteiger partial charge in [-0.3, -0.25) is 0 Å². The summed E-state index contributed by atoms with van der Waals surface area (Å²) in [6.45, 7) is 2.93. The molecule has 104 valence electrons. The number of aryl methyl sites for hydroxylation is 1. The highest BCUT2D eigenvalue weighted by atomic mass is 16.5. The van der Waals surface area contributed by atoms with Crippen LogP contribution in [0.25, 0.3) is 0 Å². The highest BCUT2D eigenvalue weighted by Gasteiger charge is 2.23. The average Bonchev–Trinajstić information content (AvgIpc) is 2.48. The van der Waals surface area contributed by atoms with Crippen molar-refractivity contribution in [3.8, 4) is 5.75 Å². The first-order valence-electron chi connectivity index (χ1n) is 7.28. The molecule has 0 saturated heterocycles.